The standard InChI is InChI=1S/C17H16N4O/c18-17(19)20-16(22)14-11-21(10-12-6-2-1-3-7-12)15-9-5-4-8-13(14)15/h1-9,11H,10H2,(H4,18,19,20,22). The summed E-state index contributed by atoms with van der Waals surface area (Å²) in [6.07, 6.45) is 1.80. The summed E-state index contributed by atoms with van der Waals surface area (Å²) in [6.45, 7) is 0.677. The van der Waals surface area contributed by atoms with E-state index in [-0.39, 0.29) is 5.96 Å². The van der Waals surface area contributed by atoms with Crippen LogP contribution in [0.25, 0.3) is 10.9 Å². The van der Waals surface area contributed by atoms with E-state index in [1.807, 2.05) is 59.2 Å². The number of carbonyl (C=O) groups excluding carboxylic acids is 1. The first kappa shape index (κ1) is 13.9. The number of aromatic nitrogens is 1. The van der Waals surface area contributed by atoms with Gasteiger partial charge < -0.3 is 16.0 Å². The Hall–Kier alpha value is -3.08. The summed E-state index contributed by atoms with van der Waals surface area (Å²) in [7, 11) is 0. The van der Waals surface area contributed by atoms with E-state index in [0.717, 1.165) is 16.5 Å². The fourth-order valence-corrected chi connectivity index (χ4v) is 2.51. The normalized spacial score (nSPS) is 10.5. The van der Waals surface area contributed by atoms with E-state index in [9.17, 15) is 4.79 Å². The summed E-state index contributed by atoms with van der Waals surface area (Å²) < 4.78 is 2.03. The second-order valence-electron chi connectivity index (χ2n) is 5.02. The molecule has 1 aromatic heterocycles. The van der Waals surface area contributed by atoms with Gasteiger partial charge in [0.15, 0.2) is 5.96 Å². The van der Waals surface area contributed by atoms with Crippen LogP contribution in [0.1, 0.15) is 15.9 Å². The highest BCUT2D eigenvalue weighted by molar-refractivity contribution is 6.10. The maximum atomic E-state index is 12.2. The quantitative estimate of drug-likeness (QED) is 0.572. The lowest BCUT2D eigenvalue weighted by atomic mass is 10.1. The minimum absolute atomic E-state index is 0.232. The molecule has 5 heteroatoms. The first-order valence-corrected chi connectivity index (χ1v) is 6.91. The molecule has 0 aliphatic carbocycles. The Kier molecular flexibility index (Phi) is 3.62. The Morgan fingerprint density at radius 1 is 1.00 bits per heavy atom. The first-order chi connectivity index (χ1) is 10.6. The third-order valence-corrected chi connectivity index (χ3v) is 3.45. The summed E-state index contributed by atoms with van der Waals surface area (Å²) in [6, 6.07) is 17.8. The fourth-order valence-electron chi connectivity index (χ4n) is 2.51. The van der Waals surface area contributed by atoms with Gasteiger partial charge in [0, 0.05) is 23.6 Å². The van der Waals surface area contributed by atoms with Crippen LogP contribution in [0.3, 0.4) is 0 Å². The molecule has 0 atom stereocenters. The van der Waals surface area contributed by atoms with E-state index < -0.39 is 5.91 Å². The second-order valence-corrected chi connectivity index (χ2v) is 5.02. The van der Waals surface area contributed by atoms with E-state index in [2.05, 4.69) is 4.99 Å². The summed E-state index contributed by atoms with van der Waals surface area (Å²) in [4.78, 5) is 15.8. The topological polar surface area (TPSA) is 86.4 Å². The highest BCUT2D eigenvalue weighted by Crippen LogP contribution is 2.23. The second kappa shape index (κ2) is 5.73. The molecule has 0 saturated heterocycles. The molecule has 0 aliphatic heterocycles. The van der Waals surface area contributed by atoms with Gasteiger partial charge in [-0.3, -0.25) is 4.79 Å². The molecule has 3 rings (SSSR count). The van der Waals surface area contributed by atoms with Crippen molar-refractivity contribution in [3.05, 3.63) is 71.9 Å². The van der Waals surface area contributed by atoms with Crippen molar-refractivity contribution >= 4 is 22.8 Å². The molecule has 2 aromatic carbocycles. The van der Waals surface area contributed by atoms with Crippen LogP contribution in [0.2, 0.25) is 0 Å². The fraction of sp³-hybridized carbons (Fsp3) is 0.0588. The van der Waals surface area contributed by atoms with Crippen molar-refractivity contribution in [2.24, 2.45) is 16.5 Å². The lowest BCUT2D eigenvalue weighted by Gasteiger charge is -2.05. The van der Waals surface area contributed by atoms with Gasteiger partial charge in [-0.05, 0) is 11.6 Å². The SMILES string of the molecule is NC(N)=NC(=O)c1cn(Cc2ccccc2)c2ccccc12. The molecule has 4 N–H and O–H groups in total. The van der Waals surface area contributed by atoms with E-state index in [1.54, 1.807) is 6.20 Å². The molecular formula is C17H16N4O. The maximum absolute atomic E-state index is 12.2. The first-order valence-electron chi connectivity index (χ1n) is 6.91. The molecule has 110 valence electrons. The predicted molar refractivity (Wildman–Crippen MR) is 87.6 cm³/mol. The molecule has 3 aromatic rings. The maximum Gasteiger partial charge on any atom is 0.282 e. The summed E-state index contributed by atoms with van der Waals surface area (Å²) in [5.74, 6) is -0.659. The molecule has 0 spiro atoms. The van der Waals surface area contributed by atoms with Crippen LogP contribution in [0, 0.1) is 0 Å². The van der Waals surface area contributed by atoms with Gasteiger partial charge in [-0.1, -0.05) is 48.5 Å². The van der Waals surface area contributed by atoms with E-state index in [0.29, 0.717) is 12.1 Å². The number of amides is 1. The van der Waals surface area contributed by atoms with Crippen molar-refractivity contribution in [1.82, 2.24) is 4.57 Å². The number of fused-ring (bicyclic) bond motifs is 1. The largest absolute Gasteiger partial charge is 0.370 e. The van der Waals surface area contributed by atoms with Crippen molar-refractivity contribution in [3.63, 3.8) is 0 Å². The van der Waals surface area contributed by atoms with Crippen LogP contribution in [0.5, 0.6) is 0 Å². The summed E-state index contributed by atoms with van der Waals surface area (Å²) in [5.41, 5.74) is 13.2. The Balaban J connectivity index is 2.08. The Morgan fingerprint density at radius 3 is 2.41 bits per heavy atom. The molecule has 5 nitrogen and oxygen atoms in total. The van der Waals surface area contributed by atoms with Gasteiger partial charge in [0.1, 0.15) is 0 Å². The highest BCUT2D eigenvalue weighted by atomic mass is 16.1. The van der Waals surface area contributed by atoms with Crippen molar-refractivity contribution in [1.29, 1.82) is 0 Å². The number of nitrogens with two attached hydrogens (primary N) is 2. The number of carbonyl (C=O) groups is 1. The van der Waals surface area contributed by atoms with Gasteiger partial charge in [0.05, 0.1) is 5.56 Å². The van der Waals surface area contributed by atoms with Crippen molar-refractivity contribution < 1.29 is 4.79 Å². The molecule has 22 heavy (non-hydrogen) atoms. The third-order valence-electron chi connectivity index (χ3n) is 3.45. The monoisotopic (exact) mass is 292 g/mol. The number of hydrogen-bond donors (Lipinski definition) is 2. The number of benzene rings is 2. The van der Waals surface area contributed by atoms with Crippen LogP contribution in [-0.2, 0) is 6.54 Å². The summed E-state index contributed by atoms with van der Waals surface area (Å²) >= 11 is 0. The average molecular weight is 292 g/mol. The zero-order valence-electron chi connectivity index (χ0n) is 11.9. The van der Waals surface area contributed by atoms with Gasteiger partial charge in [0.2, 0.25) is 0 Å². The zero-order valence-corrected chi connectivity index (χ0v) is 11.9. The predicted octanol–water partition coefficient (Wildman–Crippen LogP) is 2.10. The van der Waals surface area contributed by atoms with E-state index in [1.165, 1.54) is 0 Å². The van der Waals surface area contributed by atoms with Gasteiger partial charge in [-0.15, -0.1) is 0 Å². The van der Waals surface area contributed by atoms with Crippen LogP contribution < -0.4 is 11.5 Å². The van der Waals surface area contributed by atoms with Crippen molar-refractivity contribution in [3.8, 4) is 0 Å². The number of nitrogens with zero attached hydrogens (tertiary/aromatic N) is 2. The number of aliphatic imine (C=N–C) groups is 1. The number of rotatable bonds is 3. The molecule has 1 heterocycles. The van der Waals surface area contributed by atoms with Gasteiger partial charge in [0.25, 0.3) is 5.91 Å². The Morgan fingerprint density at radius 2 is 1.68 bits per heavy atom. The Bertz CT molecular complexity index is 845. The molecule has 0 unspecified atom stereocenters. The Labute approximate surface area is 127 Å². The van der Waals surface area contributed by atoms with Crippen molar-refractivity contribution in [2.45, 2.75) is 6.54 Å². The van der Waals surface area contributed by atoms with Gasteiger partial charge >= 0.3 is 0 Å². The molecule has 0 radical (unpaired) electrons. The molecule has 1 amide bonds. The number of para-hydroxylation sites is 1. The van der Waals surface area contributed by atoms with Crippen LogP contribution in [0.15, 0.2) is 65.8 Å². The van der Waals surface area contributed by atoms with Crippen LogP contribution >= 0.6 is 0 Å². The molecule has 0 aliphatic rings. The molecule has 0 saturated carbocycles. The lowest BCUT2D eigenvalue weighted by molar-refractivity contribution is 0.100. The number of hydrogen-bond acceptors (Lipinski definition) is 1. The van der Waals surface area contributed by atoms with Crippen LogP contribution in [-0.4, -0.2) is 16.4 Å². The molecular weight excluding hydrogens is 276 g/mol. The van der Waals surface area contributed by atoms with E-state index >= 15 is 0 Å². The zero-order chi connectivity index (χ0) is 15.5. The number of guanidine groups is 1. The van der Waals surface area contributed by atoms with E-state index in [4.69, 9.17) is 11.5 Å². The lowest BCUT2D eigenvalue weighted by Crippen LogP contribution is -2.24. The molecule has 0 bridgehead atoms. The minimum Gasteiger partial charge on any atom is -0.370 e. The average Bonchev–Trinajstić information content (AvgIpc) is 2.87. The van der Waals surface area contributed by atoms with Gasteiger partial charge in [-0.2, -0.15) is 4.99 Å². The molecule has 0 fully saturated rings. The highest BCUT2D eigenvalue weighted by Gasteiger charge is 2.14. The van der Waals surface area contributed by atoms with Crippen LogP contribution in [0.4, 0.5) is 0 Å². The van der Waals surface area contributed by atoms with Crippen molar-refractivity contribution in [2.75, 3.05) is 0 Å². The third kappa shape index (κ3) is 2.69. The smallest absolute Gasteiger partial charge is 0.282 e. The minimum atomic E-state index is -0.428. The summed E-state index contributed by atoms with van der Waals surface area (Å²) in [5, 5.41) is 0.841. The van der Waals surface area contributed by atoms with Gasteiger partial charge in [-0.25, -0.2) is 0 Å².